The molecular formula is C16H28O2Si. The second kappa shape index (κ2) is 5.74. The van der Waals surface area contributed by atoms with Crippen LogP contribution >= 0.6 is 0 Å². The number of ketones is 2. The molecule has 2 nitrogen and oxygen atoms in total. The minimum absolute atomic E-state index is 0.0712. The molecular weight excluding hydrogens is 252 g/mol. The fraction of sp³-hybridized carbons (Fsp3) is 0.750. The summed E-state index contributed by atoms with van der Waals surface area (Å²) in [5.74, 6) is 0.492. The molecule has 1 rings (SSSR count). The Labute approximate surface area is 118 Å². The molecule has 0 radical (unpaired) electrons. The van der Waals surface area contributed by atoms with Crippen LogP contribution in [0.5, 0.6) is 0 Å². The number of allylic oxidation sites excluding steroid dienone is 2. The van der Waals surface area contributed by atoms with E-state index in [-0.39, 0.29) is 22.7 Å². The van der Waals surface area contributed by atoms with Crippen LogP contribution in [0.25, 0.3) is 0 Å². The average molecular weight is 280 g/mol. The van der Waals surface area contributed by atoms with Crippen molar-refractivity contribution in [2.24, 2.45) is 11.3 Å². The second-order valence-corrected chi connectivity index (χ2v) is 13.0. The van der Waals surface area contributed by atoms with Gasteiger partial charge in [0.2, 0.25) is 0 Å². The molecule has 0 aromatic heterocycles. The van der Waals surface area contributed by atoms with Crippen molar-refractivity contribution in [1.82, 2.24) is 0 Å². The highest BCUT2D eigenvalue weighted by Gasteiger charge is 2.38. The average Bonchev–Trinajstić information content (AvgIpc) is 2.35. The van der Waals surface area contributed by atoms with Gasteiger partial charge in [0.25, 0.3) is 0 Å². The maximum absolute atomic E-state index is 12.6. The molecule has 0 aliphatic heterocycles. The van der Waals surface area contributed by atoms with Crippen LogP contribution in [0.1, 0.15) is 40.0 Å². The summed E-state index contributed by atoms with van der Waals surface area (Å²) < 4.78 is 0. The van der Waals surface area contributed by atoms with Gasteiger partial charge in [0, 0.05) is 16.9 Å². The van der Waals surface area contributed by atoms with E-state index in [4.69, 9.17) is 0 Å². The number of hydrogen-bond donors (Lipinski definition) is 0. The van der Waals surface area contributed by atoms with Crippen molar-refractivity contribution in [3.8, 4) is 0 Å². The first kappa shape index (κ1) is 16.4. The summed E-state index contributed by atoms with van der Waals surface area (Å²) in [5.41, 5.74) is -0.172. The predicted molar refractivity (Wildman–Crippen MR) is 83.0 cm³/mol. The maximum atomic E-state index is 12.6. The normalized spacial score (nSPS) is 24.9. The Morgan fingerprint density at radius 2 is 2.00 bits per heavy atom. The molecule has 2 atom stereocenters. The lowest BCUT2D eigenvalue weighted by Gasteiger charge is -2.31. The molecule has 108 valence electrons. The largest absolute Gasteiger partial charge is 0.300 e. The van der Waals surface area contributed by atoms with Crippen LogP contribution in [0, 0.1) is 11.3 Å². The number of Topliss-reactive ketones (excluding diaryl/α,β-unsaturated/α-hetero) is 2. The van der Waals surface area contributed by atoms with Crippen LogP contribution in [0.2, 0.25) is 25.2 Å². The molecule has 3 heteroatoms. The van der Waals surface area contributed by atoms with Gasteiger partial charge in [0.1, 0.15) is 11.6 Å². The van der Waals surface area contributed by atoms with Gasteiger partial charge >= 0.3 is 0 Å². The van der Waals surface area contributed by atoms with Gasteiger partial charge in [-0.1, -0.05) is 45.6 Å². The Kier molecular flexibility index (Phi) is 4.94. The van der Waals surface area contributed by atoms with Crippen LogP contribution in [-0.2, 0) is 9.59 Å². The van der Waals surface area contributed by atoms with Gasteiger partial charge in [-0.25, -0.2) is 0 Å². The molecule has 0 amide bonds. The highest BCUT2D eigenvalue weighted by Crippen LogP contribution is 2.37. The molecule has 0 aromatic carbocycles. The van der Waals surface area contributed by atoms with E-state index in [0.29, 0.717) is 12.2 Å². The molecule has 0 aromatic rings. The topological polar surface area (TPSA) is 34.1 Å². The van der Waals surface area contributed by atoms with Gasteiger partial charge < -0.3 is 4.79 Å². The SMILES string of the molecule is CC(=O)C(CC1C=CCCC(C)(C)C1=O)[Si](C)(C)C. The Balaban J connectivity index is 2.95. The third-order valence-corrected chi connectivity index (χ3v) is 7.07. The van der Waals surface area contributed by atoms with Crippen molar-refractivity contribution in [2.75, 3.05) is 0 Å². The Bertz CT molecular complexity index is 388. The molecule has 0 bridgehead atoms. The number of hydrogen-bond acceptors (Lipinski definition) is 2. The minimum Gasteiger partial charge on any atom is -0.300 e. The molecule has 1 aliphatic rings. The van der Waals surface area contributed by atoms with Crippen LogP contribution in [0.4, 0.5) is 0 Å². The van der Waals surface area contributed by atoms with Crippen LogP contribution in [0.3, 0.4) is 0 Å². The van der Waals surface area contributed by atoms with Gasteiger partial charge in [-0.15, -0.1) is 0 Å². The zero-order chi connectivity index (χ0) is 14.8. The van der Waals surface area contributed by atoms with Gasteiger partial charge in [0.15, 0.2) is 0 Å². The Hall–Kier alpha value is -0.703. The molecule has 0 saturated carbocycles. The van der Waals surface area contributed by atoms with Crippen molar-refractivity contribution in [1.29, 1.82) is 0 Å². The molecule has 0 N–H and O–H groups in total. The fourth-order valence-corrected chi connectivity index (χ4v) is 5.17. The van der Waals surface area contributed by atoms with Gasteiger partial charge in [-0.3, -0.25) is 4.79 Å². The summed E-state index contributed by atoms with van der Waals surface area (Å²) in [6, 6.07) is 0. The molecule has 0 saturated heterocycles. The predicted octanol–water partition coefficient (Wildman–Crippen LogP) is 4.24. The van der Waals surface area contributed by atoms with Crippen LogP contribution in [-0.4, -0.2) is 19.6 Å². The van der Waals surface area contributed by atoms with Gasteiger partial charge in [-0.2, -0.15) is 0 Å². The second-order valence-electron chi connectivity index (χ2n) is 7.59. The van der Waals surface area contributed by atoms with E-state index < -0.39 is 8.07 Å². The summed E-state index contributed by atoms with van der Waals surface area (Å²) in [5, 5.41) is 0. The lowest BCUT2D eigenvalue weighted by Crippen LogP contribution is -2.37. The summed E-state index contributed by atoms with van der Waals surface area (Å²) in [6.07, 6.45) is 6.76. The molecule has 0 spiro atoms. The first-order valence-electron chi connectivity index (χ1n) is 7.27. The van der Waals surface area contributed by atoms with Crippen molar-refractivity contribution < 1.29 is 9.59 Å². The lowest BCUT2D eigenvalue weighted by molar-refractivity contribution is -0.130. The van der Waals surface area contributed by atoms with Gasteiger partial charge in [0.05, 0.1) is 8.07 Å². The first-order valence-corrected chi connectivity index (χ1v) is 10.8. The number of carbonyl (C=O) groups is 2. The quantitative estimate of drug-likeness (QED) is 0.570. The highest BCUT2D eigenvalue weighted by atomic mass is 28.3. The number of rotatable bonds is 4. The molecule has 2 unspecified atom stereocenters. The standard InChI is InChI=1S/C16H28O2Si/c1-12(17)14(19(4,5)6)11-13-9-7-8-10-16(2,3)15(13)18/h7,9,13-14H,8,10-11H2,1-6H3. The van der Waals surface area contributed by atoms with Crippen molar-refractivity contribution in [3.63, 3.8) is 0 Å². The Morgan fingerprint density at radius 3 is 2.47 bits per heavy atom. The first-order chi connectivity index (χ1) is 8.55. The summed E-state index contributed by atoms with van der Waals surface area (Å²) in [7, 11) is -1.56. The van der Waals surface area contributed by atoms with Crippen molar-refractivity contribution >= 4 is 19.6 Å². The number of carbonyl (C=O) groups excluding carboxylic acids is 2. The van der Waals surface area contributed by atoms with Crippen molar-refractivity contribution in [3.05, 3.63) is 12.2 Å². The van der Waals surface area contributed by atoms with E-state index in [2.05, 4.69) is 25.7 Å². The third-order valence-electron chi connectivity index (χ3n) is 4.33. The smallest absolute Gasteiger partial charge is 0.145 e. The van der Waals surface area contributed by atoms with Crippen LogP contribution < -0.4 is 0 Å². The molecule has 19 heavy (non-hydrogen) atoms. The van der Waals surface area contributed by atoms with E-state index in [0.717, 1.165) is 12.8 Å². The molecule has 0 fully saturated rings. The van der Waals surface area contributed by atoms with E-state index in [1.54, 1.807) is 6.92 Å². The Morgan fingerprint density at radius 1 is 1.42 bits per heavy atom. The zero-order valence-electron chi connectivity index (χ0n) is 13.2. The maximum Gasteiger partial charge on any atom is 0.145 e. The van der Waals surface area contributed by atoms with Crippen LogP contribution in [0.15, 0.2) is 12.2 Å². The van der Waals surface area contributed by atoms with E-state index in [1.165, 1.54) is 0 Å². The van der Waals surface area contributed by atoms with E-state index in [1.807, 2.05) is 19.9 Å². The highest BCUT2D eigenvalue weighted by molar-refractivity contribution is 6.80. The summed E-state index contributed by atoms with van der Waals surface area (Å²) in [4.78, 5) is 24.5. The van der Waals surface area contributed by atoms with Crippen molar-refractivity contribution in [2.45, 2.75) is 65.2 Å². The fourth-order valence-electron chi connectivity index (χ4n) is 2.99. The zero-order valence-corrected chi connectivity index (χ0v) is 14.2. The lowest BCUT2D eigenvalue weighted by atomic mass is 9.78. The summed E-state index contributed by atoms with van der Waals surface area (Å²) >= 11 is 0. The third kappa shape index (κ3) is 4.13. The molecule has 0 heterocycles. The van der Waals surface area contributed by atoms with E-state index >= 15 is 0 Å². The molecule has 1 aliphatic carbocycles. The van der Waals surface area contributed by atoms with Gasteiger partial charge in [-0.05, 0) is 26.2 Å². The van der Waals surface area contributed by atoms with E-state index in [9.17, 15) is 9.59 Å². The summed E-state index contributed by atoms with van der Waals surface area (Å²) in [6.45, 7) is 12.4. The monoisotopic (exact) mass is 280 g/mol. The minimum atomic E-state index is -1.56.